The lowest BCUT2D eigenvalue weighted by molar-refractivity contribution is 0.0659. The summed E-state index contributed by atoms with van der Waals surface area (Å²) in [5.41, 5.74) is 6.67. The fraction of sp³-hybridized carbons (Fsp3) is 0.600. The average Bonchev–Trinajstić information content (AvgIpc) is 2.98. The van der Waals surface area contributed by atoms with Crippen LogP contribution in [-0.2, 0) is 11.2 Å². The van der Waals surface area contributed by atoms with Crippen LogP contribution in [0.25, 0.3) is 0 Å². The van der Waals surface area contributed by atoms with Gasteiger partial charge in [0.05, 0.1) is 20.3 Å². The molecule has 0 bridgehead atoms. The Kier molecular flexibility index (Phi) is 5.49. The van der Waals surface area contributed by atoms with Crippen molar-refractivity contribution in [2.45, 2.75) is 25.4 Å². The van der Waals surface area contributed by atoms with E-state index in [9.17, 15) is 0 Å². The Balaban J connectivity index is 2.15. The Bertz CT molecular complexity index is 405. The van der Waals surface area contributed by atoms with Crippen LogP contribution >= 0.6 is 0 Å². The average molecular weight is 281 g/mol. The highest BCUT2D eigenvalue weighted by molar-refractivity contribution is 5.54. The van der Waals surface area contributed by atoms with Crippen LogP contribution in [0.4, 0.5) is 0 Å². The maximum atomic E-state index is 5.86. The lowest BCUT2D eigenvalue weighted by Gasteiger charge is -2.18. The summed E-state index contributed by atoms with van der Waals surface area (Å²) in [7, 11) is 3.25. The molecule has 1 aromatic rings. The third-order valence-corrected chi connectivity index (χ3v) is 3.39. The molecule has 1 heterocycles. The molecule has 0 spiro atoms. The predicted octanol–water partition coefficient (Wildman–Crippen LogP) is 1.76. The van der Waals surface area contributed by atoms with E-state index in [2.05, 4.69) is 0 Å². The van der Waals surface area contributed by atoms with Gasteiger partial charge in [0, 0.05) is 6.61 Å². The van der Waals surface area contributed by atoms with Crippen LogP contribution in [0.2, 0.25) is 0 Å². The molecular weight excluding hydrogens is 258 g/mol. The zero-order chi connectivity index (χ0) is 14.4. The molecule has 2 N–H and O–H groups in total. The lowest BCUT2D eigenvalue weighted by atomic mass is 10.1. The van der Waals surface area contributed by atoms with Gasteiger partial charge in [-0.05, 0) is 43.5 Å². The summed E-state index contributed by atoms with van der Waals surface area (Å²) in [5.74, 6) is 1.97. The van der Waals surface area contributed by atoms with Gasteiger partial charge in [0.2, 0.25) is 5.75 Å². The van der Waals surface area contributed by atoms with Crippen molar-refractivity contribution in [2.75, 3.05) is 34.0 Å². The van der Waals surface area contributed by atoms with Gasteiger partial charge in [-0.2, -0.15) is 0 Å². The van der Waals surface area contributed by atoms with Gasteiger partial charge in [-0.3, -0.25) is 0 Å². The third-order valence-electron chi connectivity index (χ3n) is 3.39. The zero-order valence-corrected chi connectivity index (χ0v) is 12.2. The fourth-order valence-electron chi connectivity index (χ4n) is 2.34. The van der Waals surface area contributed by atoms with E-state index in [0.717, 1.165) is 31.4 Å². The van der Waals surface area contributed by atoms with Crippen molar-refractivity contribution in [3.63, 3.8) is 0 Å². The Morgan fingerprint density at radius 2 is 1.95 bits per heavy atom. The van der Waals surface area contributed by atoms with Crippen LogP contribution in [0.5, 0.6) is 17.2 Å². The molecule has 0 aliphatic carbocycles. The van der Waals surface area contributed by atoms with E-state index in [1.807, 2.05) is 12.1 Å². The largest absolute Gasteiger partial charge is 0.493 e. The summed E-state index contributed by atoms with van der Waals surface area (Å²) >= 11 is 0. The first-order chi connectivity index (χ1) is 9.78. The molecule has 1 aliphatic heterocycles. The first kappa shape index (κ1) is 14.9. The minimum absolute atomic E-state index is 0.160. The second-order valence-corrected chi connectivity index (χ2v) is 4.81. The summed E-state index contributed by atoms with van der Waals surface area (Å²) in [6.45, 7) is 1.92. The van der Waals surface area contributed by atoms with Gasteiger partial charge in [-0.25, -0.2) is 0 Å². The molecule has 1 aliphatic rings. The van der Waals surface area contributed by atoms with Crippen molar-refractivity contribution in [3.05, 3.63) is 17.7 Å². The first-order valence-electron chi connectivity index (χ1n) is 6.97. The second kappa shape index (κ2) is 7.36. The Morgan fingerprint density at radius 1 is 1.25 bits per heavy atom. The number of nitrogens with two attached hydrogens (primary N) is 1. The highest BCUT2D eigenvalue weighted by Gasteiger charge is 2.19. The van der Waals surface area contributed by atoms with Crippen molar-refractivity contribution in [1.82, 2.24) is 0 Å². The molecule has 0 saturated carbocycles. The van der Waals surface area contributed by atoms with Crippen molar-refractivity contribution in [1.29, 1.82) is 0 Å². The SMILES string of the molecule is COc1cc(CCN)cc(OC)c1OCC1CCCO1. The maximum absolute atomic E-state index is 5.86. The lowest BCUT2D eigenvalue weighted by Crippen LogP contribution is -2.17. The Morgan fingerprint density at radius 3 is 2.45 bits per heavy atom. The summed E-state index contributed by atoms with van der Waals surface area (Å²) in [4.78, 5) is 0. The van der Waals surface area contributed by atoms with Gasteiger partial charge >= 0.3 is 0 Å². The fourth-order valence-corrected chi connectivity index (χ4v) is 2.34. The molecule has 20 heavy (non-hydrogen) atoms. The van der Waals surface area contributed by atoms with Crippen molar-refractivity contribution >= 4 is 0 Å². The Hall–Kier alpha value is -1.46. The summed E-state index contributed by atoms with van der Waals surface area (Å²) in [5, 5.41) is 0. The minimum Gasteiger partial charge on any atom is -0.493 e. The number of hydrogen-bond acceptors (Lipinski definition) is 5. The number of rotatable bonds is 7. The quantitative estimate of drug-likeness (QED) is 0.825. The molecule has 1 aromatic carbocycles. The first-order valence-corrected chi connectivity index (χ1v) is 6.97. The van der Waals surface area contributed by atoms with Gasteiger partial charge in [-0.1, -0.05) is 0 Å². The number of ether oxygens (including phenoxy) is 4. The molecule has 112 valence electrons. The highest BCUT2D eigenvalue weighted by atomic mass is 16.6. The molecule has 0 amide bonds. The van der Waals surface area contributed by atoms with Crippen molar-refractivity contribution in [2.24, 2.45) is 5.73 Å². The van der Waals surface area contributed by atoms with Crippen LogP contribution in [-0.4, -0.2) is 40.1 Å². The topological polar surface area (TPSA) is 62.9 Å². The standard InChI is InChI=1S/C15H23NO4/c1-17-13-8-11(5-6-16)9-14(18-2)15(13)20-10-12-4-3-7-19-12/h8-9,12H,3-7,10,16H2,1-2H3. The molecule has 5 heteroatoms. The van der Waals surface area contributed by atoms with E-state index in [1.54, 1.807) is 14.2 Å². The normalized spacial score (nSPS) is 18.1. The van der Waals surface area contributed by atoms with E-state index >= 15 is 0 Å². The molecule has 1 unspecified atom stereocenters. The van der Waals surface area contributed by atoms with Crippen LogP contribution < -0.4 is 19.9 Å². The predicted molar refractivity (Wildman–Crippen MR) is 76.8 cm³/mol. The molecule has 1 saturated heterocycles. The van der Waals surface area contributed by atoms with Crippen molar-refractivity contribution in [3.8, 4) is 17.2 Å². The van der Waals surface area contributed by atoms with E-state index in [4.69, 9.17) is 24.7 Å². The van der Waals surface area contributed by atoms with Crippen LogP contribution in [0.1, 0.15) is 18.4 Å². The highest BCUT2D eigenvalue weighted by Crippen LogP contribution is 2.39. The molecule has 0 radical (unpaired) electrons. The van der Waals surface area contributed by atoms with E-state index in [0.29, 0.717) is 30.4 Å². The monoisotopic (exact) mass is 281 g/mol. The zero-order valence-electron chi connectivity index (χ0n) is 12.2. The van der Waals surface area contributed by atoms with E-state index in [-0.39, 0.29) is 6.10 Å². The summed E-state index contributed by atoms with van der Waals surface area (Å²) < 4.78 is 22.2. The number of methoxy groups -OCH3 is 2. The molecule has 0 aromatic heterocycles. The molecule has 1 atom stereocenters. The smallest absolute Gasteiger partial charge is 0.203 e. The van der Waals surface area contributed by atoms with Crippen LogP contribution in [0.15, 0.2) is 12.1 Å². The van der Waals surface area contributed by atoms with Gasteiger partial charge in [0.25, 0.3) is 0 Å². The number of benzene rings is 1. The van der Waals surface area contributed by atoms with Gasteiger partial charge in [-0.15, -0.1) is 0 Å². The third kappa shape index (κ3) is 3.55. The van der Waals surface area contributed by atoms with Crippen LogP contribution in [0, 0.1) is 0 Å². The molecule has 2 rings (SSSR count). The number of hydrogen-bond donors (Lipinski definition) is 1. The van der Waals surface area contributed by atoms with Gasteiger partial charge in [0.1, 0.15) is 6.61 Å². The second-order valence-electron chi connectivity index (χ2n) is 4.81. The maximum Gasteiger partial charge on any atom is 0.203 e. The molecule has 5 nitrogen and oxygen atoms in total. The van der Waals surface area contributed by atoms with Gasteiger partial charge < -0.3 is 24.7 Å². The van der Waals surface area contributed by atoms with E-state index < -0.39 is 0 Å². The molecular formula is C15H23NO4. The van der Waals surface area contributed by atoms with E-state index in [1.165, 1.54) is 0 Å². The minimum atomic E-state index is 0.160. The summed E-state index contributed by atoms with van der Waals surface area (Å²) in [6.07, 6.45) is 3.07. The van der Waals surface area contributed by atoms with Crippen LogP contribution in [0.3, 0.4) is 0 Å². The summed E-state index contributed by atoms with van der Waals surface area (Å²) in [6, 6.07) is 3.89. The van der Waals surface area contributed by atoms with Gasteiger partial charge in [0.15, 0.2) is 11.5 Å². The Labute approximate surface area is 120 Å². The van der Waals surface area contributed by atoms with Crippen molar-refractivity contribution < 1.29 is 18.9 Å². The molecule has 1 fully saturated rings.